The van der Waals surface area contributed by atoms with Crippen molar-refractivity contribution in [3.63, 3.8) is 0 Å². The average Bonchev–Trinajstić information content (AvgIpc) is 3.11. The van der Waals surface area contributed by atoms with Crippen LogP contribution < -0.4 is 5.32 Å². The van der Waals surface area contributed by atoms with Gasteiger partial charge >= 0.3 is 0 Å². The fraction of sp³-hybridized carbons (Fsp3) is 0.188. The molecule has 0 atom stereocenters. The molecule has 0 fully saturated rings. The Balaban J connectivity index is 1.76. The van der Waals surface area contributed by atoms with Gasteiger partial charge in [-0.25, -0.2) is 0 Å². The van der Waals surface area contributed by atoms with E-state index in [-0.39, 0.29) is 5.91 Å². The second-order valence-corrected chi connectivity index (χ2v) is 5.05. The first-order valence-electron chi connectivity index (χ1n) is 6.99. The molecule has 0 aliphatic carbocycles. The lowest BCUT2D eigenvalue weighted by molar-refractivity contribution is 0.0941. The number of hydrogen-bond acceptors (Lipinski definition) is 3. The fourth-order valence-electron chi connectivity index (χ4n) is 2.30. The van der Waals surface area contributed by atoms with Crippen molar-refractivity contribution in [1.82, 2.24) is 24.6 Å². The van der Waals surface area contributed by atoms with Crippen LogP contribution in [0.5, 0.6) is 0 Å². The molecule has 3 aromatic heterocycles. The number of pyridine rings is 1. The van der Waals surface area contributed by atoms with E-state index in [1.54, 1.807) is 24.0 Å². The van der Waals surface area contributed by atoms with Crippen LogP contribution in [0.4, 0.5) is 0 Å². The Morgan fingerprint density at radius 3 is 2.77 bits per heavy atom. The van der Waals surface area contributed by atoms with Gasteiger partial charge in [-0.15, -0.1) is 0 Å². The zero-order chi connectivity index (χ0) is 15.5. The number of amides is 1. The molecule has 1 amide bonds. The van der Waals surface area contributed by atoms with Gasteiger partial charge in [0.25, 0.3) is 5.91 Å². The van der Waals surface area contributed by atoms with Crippen LogP contribution in [0.1, 0.15) is 16.2 Å². The molecule has 0 aliphatic rings. The molecule has 0 unspecified atom stereocenters. The van der Waals surface area contributed by atoms with Crippen LogP contribution in [-0.4, -0.2) is 25.2 Å². The quantitative estimate of drug-likeness (QED) is 0.797. The SMILES string of the molecule is Cn1cccc1-c1cc(C(=O)NCc2ccccn2)n(C)n1. The van der Waals surface area contributed by atoms with Gasteiger partial charge < -0.3 is 9.88 Å². The van der Waals surface area contributed by atoms with Gasteiger partial charge in [-0.3, -0.25) is 14.5 Å². The van der Waals surface area contributed by atoms with Gasteiger partial charge in [0.1, 0.15) is 11.4 Å². The van der Waals surface area contributed by atoms with Crippen molar-refractivity contribution in [1.29, 1.82) is 0 Å². The molecule has 112 valence electrons. The summed E-state index contributed by atoms with van der Waals surface area (Å²) in [6.45, 7) is 0.393. The fourth-order valence-corrected chi connectivity index (χ4v) is 2.30. The molecular weight excluding hydrogens is 278 g/mol. The molecule has 6 heteroatoms. The number of nitrogens with zero attached hydrogens (tertiary/aromatic N) is 4. The van der Waals surface area contributed by atoms with Gasteiger partial charge in [0, 0.05) is 26.5 Å². The molecule has 1 N–H and O–H groups in total. The van der Waals surface area contributed by atoms with E-state index < -0.39 is 0 Å². The smallest absolute Gasteiger partial charge is 0.269 e. The van der Waals surface area contributed by atoms with Crippen LogP contribution in [0.2, 0.25) is 0 Å². The van der Waals surface area contributed by atoms with Crippen LogP contribution in [0.15, 0.2) is 48.8 Å². The molecule has 0 saturated carbocycles. The highest BCUT2D eigenvalue weighted by Gasteiger charge is 2.15. The molecule has 0 aliphatic heterocycles. The number of carbonyl (C=O) groups excluding carboxylic acids is 1. The molecular formula is C16H17N5O. The Kier molecular flexibility index (Phi) is 3.74. The molecule has 0 spiro atoms. The van der Waals surface area contributed by atoms with E-state index in [1.807, 2.05) is 48.1 Å². The molecule has 6 nitrogen and oxygen atoms in total. The standard InChI is InChI=1S/C16H17N5O/c1-20-9-5-7-14(20)13-10-15(21(2)19-13)16(22)18-11-12-6-3-4-8-17-12/h3-10H,11H2,1-2H3,(H,18,22). The maximum atomic E-state index is 12.3. The molecule has 0 saturated heterocycles. The Morgan fingerprint density at radius 2 is 2.09 bits per heavy atom. The van der Waals surface area contributed by atoms with Crippen molar-refractivity contribution < 1.29 is 4.79 Å². The van der Waals surface area contributed by atoms with E-state index in [9.17, 15) is 4.79 Å². The summed E-state index contributed by atoms with van der Waals surface area (Å²) in [5, 5.41) is 7.27. The first-order chi connectivity index (χ1) is 10.6. The monoisotopic (exact) mass is 295 g/mol. The second-order valence-electron chi connectivity index (χ2n) is 5.05. The van der Waals surface area contributed by atoms with Gasteiger partial charge in [0.2, 0.25) is 0 Å². The highest BCUT2D eigenvalue weighted by molar-refractivity contribution is 5.93. The summed E-state index contributed by atoms with van der Waals surface area (Å²) in [4.78, 5) is 16.5. The third-order valence-corrected chi connectivity index (χ3v) is 3.47. The highest BCUT2D eigenvalue weighted by Crippen LogP contribution is 2.18. The highest BCUT2D eigenvalue weighted by atomic mass is 16.2. The molecule has 3 aromatic rings. The Hall–Kier alpha value is -2.89. The minimum absolute atomic E-state index is 0.166. The summed E-state index contributed by atoms with van der Waals surface area (Å²) in [5.74, 6) is -0.166. The third kappa shape index (κ3) is 2.76. The summed E-state index contributed by atoms with van der Waals surface area (Å²) in [6, 6.07) is 11.3. The maximum absolute atomic E-state index is 12.3. The molecule has 0 aromatic carbocycles. The Labute approximate surface area is 128 Å². The van der Waals surface area contributed by atoms with Crippen molar-refractivity contribution >= 4 is 5.91 Å². The van der Waals surface area contributed by atoms with Gasteiger partial charge in [-0.1, -0.05) is 6.07 Å². The summed E-state index contributed by atoms with van der Waals surface area (Å²) < 4.78 is 3.56. The zero-order valence-corrected chi connectivity index (χ0v) is 12.5. The predicted molar refractivity (Wildman–Crippen MR) is 83.0 cm³/mol. The van der Waals surface area contributed by atoms with E-state index in [2.05, 4.69) is 15.4 Å². The number of nitrogens with one attached hydrogen (secondary N) is 1. The van der Waals surface area contributed by atoms with Crippen molar-refractivity contribution in [2.24, 2.45) is 14.1 Å². The van der Waals surface area contributed by atoms with E-state index >= 15 is 0 Å². The first kappa shape index (κ1) is 14.1. The molecule has 0 bridgehead atoms. The lowest BCUT2D eigenvalue weighted by Gasteiger charge is -2.04. The minimum atomic E-state index is -0.166. The lowest BCUT2D eigenvalue weighted by atomic mass is 10.2. The number of aromatic nitrogens is 4. The minimum Gasteiger partial charge on any atom is -0.349 e. The van der Waals surface area contributed by atoms with Gasteiger partial charge in [0.05, 0.1) is 17.9 Å². The number of carbonyl (C=O) groups is 1. The topological polar surface area (TPSA) is 64.7 Å². The van der Waals surface area contributed by atoms with Crippen LogP contribution in [0.3, 0.4) is 0 Å². The summed E-state index contributed by atoms with van der Waals surface area (Å²) in [7, 11) is 3.72. The van der Waals surface area contributed by atoms with Crippen molar-refractivity contribution in [3.05, 3.63) is 60.2 Å². The van der Waals surface area contributed by atoms with Crippen LogP contribution in [-0.2, 0) is 20.6 Å². The third-order valence-electron chi connectivity index (χ3n) is 3.47. The van der Waals surface area contributed by atoms with Crippen molar-refractivity contribution in [2.75, 3.05) is 0 Å². The molecule has 0 radical (unpaired) electrons. The van der Waals surface area contributed by atoms with E-state index in [0.717, 1.165) is 17.1 Å². The van der Waals surface area contributed by atoms with Gasteiger partial charge in [-0.2, -0.15) is 5.10 Å². The normalized spacial score (nSPS) is 10.6. The van der Waals surface area contributed by atoms with Crippen molar-refractivity contribution in [3.8, 4) is 11.4 Å². The van der Waals surface area contributed by atoms with Crippen LogP contribution >= 0.6 is 0 Å². The van der Waals surface area contributed by atoms with Crippen LogP contribution in [0, 0.1) is 0 Å². The maximum Gasteiger partial charge on any atom is 0.269 e. The largest absolute Gasteiger partial charge is 0.349 e. The number of rotatable bonds is 4. The van der Waals surface area contributed by atoms with E-state index in [1.165, 1.54) is 0 Å². The van der Waals surface area contributed by atoms with Crippen LogP contribution in [0.25, 0.3) is 11.4 Å². The molecule has 3 heterocycles. The van der Waals surface area contributed by atoms with Gasteiger partial charge in [-0.05, 0) is 30.3 Å². The number of aryl methyl sites for hydroxylation is 2. The first-order valence-corrected chi connectivity index (χ1v) is 6.99. The number of hydrogen-bond donors (Lipinski definition) is 1. The molecule has 3 rings (SSSR count). The average molecular weight is 295 g/mol. The molecule has 22 heavy (non-hydrogen) atoms. The summed E-state index contributed by atoms with van der Waals surface area (Å²) in [5.41, 5.74) is 3.09. The van der Waals surface area contributed by atoms with Crippen molar-refractivity contribution in [2.45, 2.75) is 6.54 Å². The Morgan fingerprint density at radius 1 is 1.23 bits per heavy atom. The van der Waals surface area contributed by atoms with Gasteiger partial charge in [0.15, 0.2) is 0 Å². The zero-order valence-electron chi connectivity index (χ0n) is 12.5. The lowest BCUT2D eigenvalue weighted by Crippen LogP contribution is -2.25. The predicted octanol–water partition coefficient (Wildman–Crippen LogP) is 1.75. The second kappa shape index (κ2) is 5.85. The van der Waals surface area contributed by atoms with E-state index in [4.69, 9.17) is 0 Å². The summed E-state index contributed by atoms with van der Waals surface area (Å²) in [6.07, 6.45) is 3.66. The summed E-state index contributed by atoms with van der Waals surface area (Å²) >= 11 is 0. The Bertz CT molecular complexity index is 788. The van der Waals surface area contributed by atoms with E-state index in [0.29, 0.717) is 12.2 Å².